The zero-order valence-electron chi connectivity index (χ0n) is 16.7. The van der Waals surface area contributed by atoms with Crippen molar-refractivity contribution in [2.75, 3.05) is 27.7 Å². The minimum atomic E-state index is 0.0630. The summed E-state index contributed by atoms with van der Waals surface area (Å²) >= 11 is 0. The Morgan fingerprint density at radius 2 is 1.92 bits per heavy atom. The van der Waals surface area contributed by atoms with E-state index in [2.05, 4.69) is 15.3 Å². The van der Waals surface area contributed by atoms with Crippen molar-refractivity contribution in [2.24, 2.45) is 7.05 Å². The lowest BCUT2D eigenvalue weighted by Gasteiger charge is -2.25. The third kappa shape index (κ3) is 4.85. The molecule has 0 spiro atoms. The molecular formula is C20H30N4O2. The molecule has 0 radical (unpaired) electrons. The SMILES string of the molecule is COc1ccc(C(CNC(=O)CCc2c(C)nn(C)c2C)N(C)C)cc1. The van der Waals surface area contributed by atoms with Gasteiger partial charge < -0.3 is 15.0 Å². The minimum absolute atomic E-state index is 0.0630. The predicted octanol–water partition coefficient (Wildman–Crippen LogP) is 2.40. The van der Waals surface area contributed by atoms with E-state index < -0.39 is 0 Å². The van der Waals surface area contributed by atoms with Crippen LogP contribution in [0.25, 0.3) is 0 Å². The highest BCUT2D eigenvalue weighted by molar-refractivity contribution is 5.76. The van der Waals surface area contributed by atoms with E-state index in [1.807, 2.05) is 63.9 Å². The minimum Gasteiger partial charge on any atom is -0.497 e. The van der Waals surface area contributed by atoms with Crippen molar-refractivity contribution in [1.29, 1.82) is 0 Å². The van der Waals surface area contributed by atoms with Crippen LogP contribution in [-0.4, -0.2) is 48.3 Å². The number of hydrogen-bond donors (Lipinski definition) is 1. The average molecular weight is 358 g/mol. The lowest BCUT2D eigenvalue weighted by molar-refractivity contribution is -0.121. The van der Waals surface area contributed by atoms with E-state index in [4.69, 9.17) is 4.74 Å². The molecule has 26 heavy (non-hydrogen) atoms. The first-order chi connectivity index (χ1) is 12.3. The molecule has 0 bridgehead atoms. The van der Waals surface area contributed by atoms with Gasteiger partial charge in [-0.2, -0.15) is 5.10 Å². The maximum atomic E-state index is 12.3. The summed E-state index contributed by atoms with van der Waals surface area (Å²) in [6, 6.07) is 8.09. The molecule has 2 rings (SSSR count). The topological polar surface area (TPSA) is 59.4 Å². The van der Waals surface area contributed by atoms with Gasteiger partial charge in [0.2, 0.25) is 5.91 Å². The zero-order chi connectivity index (χ0) is 19.3. The zero-order valence-corrected chi connectivity index (χ0v) is 16.7. The van der Waals surface area contributed by atoms with Crippen LogP contribution in [0.2, 0.25) is 0 Å². The second-order valence-electron chi connectivity index (χ2n) is 6.83. The van der Waals surface area contributed by atoms with Crippen molar-refractivity contribution in [3.8, 4) is 5.75 Å². The van der Waals surface area contributed by atoms with Gasteiger partial charge in [-0.25, -0.2) is 0 Å². The van der Waals surface area contributed by atoms with E-state index in [-0.39, 0.29) is 11.9 Å². The maximum Gasteiger partial charge on any atom is 0.220 e. The molecule has 1 atom stereocenters. The number of nitrogens with one attached hydrogen (secondary N) is 1. The van der Waals surface area contributed by atoms with E-state index in [1.165, 1.54) is 5.56 Å². The number of aryl methyl sites for hydroxylation is 2. The molecule has 1 heterocycles. The lowest BCUT2D eigenvalue weighted by Crippen LogP contribution is -2.34. The number of benzene rings is 1. The van der Waals surface area contributed by atoms with Crippen molar-refractivity contribution < 1.29 is 9.53 Å². The highest BCUT2D eigenvalue weighted by Gasteiger charge is 2.16. The average Bonchev–Trinajstić information content (AvgIpc) is 2.85. The highest BCUT2D eigenvalue weighted by Crippen LogP contribution is 2.21. The number of carbonyl (C=O) groups excluding carboxylic acids is 1. The Morgan fingerprint density at radius 1 is 1.27 bits per heavy atom. The molecule has 0 aliphatic rings. The Kier molecular flexibility index (Phi) is 6.80. The molecular weight excluding hydrogens is 328 g/mol. The standard InChI is InChI=1S/C20H30N4O2/c1-14-18(15(2)24(5)22-14)11-12-20(25)21-13-19(23(3)4)16-7-9-17(26-6)10-8-16/h7-10,19H,11-13H2,1-6H3,(H,21,25). The first-order valence-corrected chi connectivity index (χ1v) is 8.89. The Morgan fingerprint density at radius 3 is 2.42 bits per heavy atom. The van der Waals surface area contributed by atoms with Gasteiger partial charge in [0.05, 0.1) is 18.8 Å². The van der Waals surface area contributed by atoms with Gasteiger partial charge in [-0.3, -0.25) is 9.48 Å². The van der Waals surface area contributed by atoms with Gasteiger partial charge in [0, 0.05) is 25.7 Å². The third-order valence-electron chi connectivity index (χ3n) is 4.88. The number of nitrogens with zero attached hydrogens (tertiary/aromatic N) is 3. The van der Waals surface area contributed by atoms with Gasteiger partial charge in [0.1, 0.15) is 5.75 Å². The smallest absolute Gasteiger partial charge is 0.220 e. The number of rotatable bonds is 8. The quantitative estimate of drug-likeness (QED) is 0.787. The number of hydrogen-bond acceptors (Lipinski definition) is 4. The summed E-state index contributed by atoms with van der Waals surface area (Å²) < 4.78 is 7.08. The van der Waals surface area contributed by atoms with Crippen LogP contribution in [0, 0.1) is 13.8 Å². The number of likely N-dealkylation sites (N-methyl/N-ethyl adjacent to an activating group) is 1. The Bertz CT molecular complexity index is 735. The summed E-state index contributed by atoms with van der Waals surface area (Å²) in [5, 5.41) is 7.48. The van der Waals surface area contributed by atoms with E-state index in [1.54, 1.807) is 7.11 Å². The van der Waals surface area contributed by atoms with Gasteiger partial charge >= 0.3 is 0 Å². The Hall–Kier alpha value is -2.34. The van der Waals surface area contributed by atoms with Crippen LogP contribution in [0.3, 0.4) is 0 Å². The summed E-state index contributed by atoms with van der Waals surface area (Å²) in [7, 11) is 7.62. The van der Waals surface area contributed by atoms with Gasteiger partial charge in [-0.05, 0) is 57.6 Å². The molecule has 0 saturated heterocycles. The molecule has 6 nitrogen and oxygen atoms in total. The van der Waals surface area contributed by atoms with Crippen LogP contribution in [0.4, 0.5) is 0 Å². The van der Waals surface area contributed by atoms with Gasteiger partial charge in [0.15, 0.2) is 0 Å². The molecule has 2 aromatic rings. The van der Waals surface area contributed by atoms with Crippen molar-refractivity contribution >= 4 is 5.91 Å². The van der Waals surface area contributed by atoms with Gasteiger partial charge in [0.25, 0.3) is 0 Å². The highest BCUT2D eigenvalue weighted by atomic mass is 16.5. The van der Waals surface area contributed by atoms with Crippen LogP contribution in [0.5, 0.6) is 5.75 Å². The molecule has 1 amide bonds. The first-order valence-electron chi connectivity index (χ1n) is 8.89. The summed E-state index contributed by atoms with van der Waals surface area (Å²) in [5.74, 6) is 0.894. The van der Waals surface area contributed by atoms with Crippen LogP contribution < -0.4 is 10.1 Å². The molecule has 1 aromatic heterocycles. The van der Waals surface area contributed by atoms with E-state index in [0.29, 0.717) is 19.4 Å². The summed E-state index contributed by atoms with van der Waals surface area (Å²) in [6.45, 7) is 4.61. The fourth-order valence-corrected chi connectivity index (χ4v) is 3.14. The molecule has 142 valence electrons. The van der Waals surface area contributed by atoms with Crippen LogP contribution in [0.1, 0.15) is 35.0 Å². The number of aromatic nitrogens is 2. The lowest BCUT2D eigenvalue weighted by atomic mass is 10.1. The Labute approximate surface area is 156 Å². The molecule has 0 aliphatic heterocycles. The summed E-state index contributed by atoms with van der Waals surface area (Å²) in [4.78, 5) is 14.4. The van der Waals surface area contributed by atoms with E-state index >= 15 is 0 Å². The summed E-state index contributed by atoms with van der Waals surface area (Å²) in [6.07, 6.45) is 1.18. The van der Waals surface area contributed by atoms with Crippen LogP contribution >= 0.6 is 0 Å². The maximum absolute atomic E-state index is 12.3. The molecule has 1 N–H and O–H groups in total. The number of methoxy groups -OCH3 is 1. The van der Waals surface area contributed by atoms with E-state index in [0.717, 1.165) is 22.7 Å². The van der Waals surface area contributed by atoms with Gasteiger partial charge in [-0.15, -0.1) is 0 Å². The number of carbonyl (C=O) groups is 1. The van der Waals surface area contributed by atoms with Crippen molar-refractivity contribution in [2.45, 2.75) is 32.7 Å². The molecule has 1 unspecified atom stereocenters. The van der Waals surface area contributed by atoms with Crippen LogP contribution in [-0.2, 0) is 18.3 Å². The molecule has 0 fully saturated rings. The number of amides is 1. The predicted molar refractivity (Wildman–Crippen MR) is 103 cm³/mol. The fourth-order valence-electron chi connectivity index (χ4n) is 3.14. The second-order valence-corrected chi connectivity index (χ2v) is 6.83. The van der Waals surface area contributed by atoms with Crippen molar-refractivity contribution in [1.82, 2.24) is 20.0 Å². The third-order valence-corrected chi connectivity index (χ3v) is 4.88. The Balaban J connectivity index is 1.92. The first kappa shape index (κ1) is 20.0. The second kappa shape index (κ2) is 8.85. The normalized spacial score (nSPS) is 12.3. The van der Waals surface area contributed by atoms with Crippen molar-refractivity contribution in [3.63, 3.8) is 0 Å². The largest absolute Gasteiger partial charge is 0.497 e. The van der Waals surface area contributed by atoms with Crippen LogP contribution in [0.15, 0.2) is 24.3 Å². The molecule has 0 saturated carbocycles. The fraction of sp³-hybridized carbons (Fsp3) is 0.500. The van der Waals surface area contributed by atoms with Crippen molar-refractivity contribution in [3.05, 3.63) is 46.8 Å². The molecule has 1 aromatic carbocycles. The summed E-state index contributed by atoms with van der Waals surface area (Å²) in [5.41, 5.74) is 4.44. The number of ether oxygens (including phenoxy) is 1. The molecule has 0 aliphatic carbocycles. The monoisotopic (exact) mass is 358 g/mol. The van der Waals surface area contributed by atoms with Gasteiger partial charge in [-0.1, -0.05) is 12.1 Å². The molecule has 6 heteroatoms. The van der Waals surface area contributed by atoms with E-state index in [9.17, 15) is 4.79 Å².